The van der Waals surface area contributed by atoms with Gasteiger partial charge in [-0.25, -0.2) is 4.79 Å². The van der Waals surface area contributed by atoms with E-state index < -0.39 is 5.97 Å². The highest BCUT2D eigenvalue weighted by Gasteiger charge is 2.25. The Kier molecular flexibility index (Phi) is 6.49. The molecule has 0 aliphatic carbocycles. The van der Waals surface area contributed by atoms with Crippen molar-refractivity contribution < 1.29 is 24.2 Å². The van der Waals surface area contributed by atoms with Crippen molar-refractivity contribution in [3.63, 3.8) is 0 Å². The number of anilines is 1. The Hall–Kier alpha value is -3.35. The van der Waals surface area contributed by atoms with E-state index in [0.717, 1.165) is 17.5 Å². The molecule has 0 unspecified atom stereocenters. The molecule has 0 atom stereocenters. The molecule has 7 nitrogen and oxygen atoms in total. The summed E-state index contributed by atoms with van der Waals surface area (Å²) in [7, 11) is 0. The third-order valence-corrected chi connectivity index (χ3v) is 4.75. The lowest BCUT2D eigenvalue weighted by Gasteiger charge is -2.20. The number of carbonyl (C=O) groups is 3. The van der Waals surface area contributed by atoms with E-state index in [-0.39, 0.29) is 18.4 Å². The minimum atomic E-state index is -1.03. The van der Waals surface area contributed by atoms with Crippen LogP contribution >= 0.6 is 0 Å². The lowest BCUT2D eigenvalue weighted by atomic mass is 10.1. The van der Waals surface area contributed by atoms with Crippen LogP contribution in [-0.4, -0.2) is 42.6 Å². The summed E-state index contributed by atoms with van der Waals surface area (Å²) in [5, 5.41) is 11.5. The van der Waals surface area contributed by atoms with E-state index in [2.05, 4.69) is 5.32 Å². The summed E-state index contributed by atoms with van der Waals surface area (Å²) in [6, 6.07) is 12.6. The van der Waals surface area contributed by atoms with Gasteiger partial charge in [-0.15, -0.1) is 0 Å². The number of carbonyl (C=O) groups excluding carboxylic acids is 2. The zero-order valence-corrected chi connectivity index (χ0v) is 16.3. The van der Waals surface area contributed by atoms with Crippen LogP contribution in [0.25, 0.3) is 0 Å². The number of hydrogen-bond acceptors (Lipinski definition) is 4. The molecule has 2 N–H and O–H groups in total. The number of nitrogens with one attached hydrogen (secondary N) is 1. The van der Waals surface area contributed by atoms with E-state index in [1.165, 1.54) is 0 Å². The third-order valence-electron chi connectivity index (χ3n) is 4.75. The molecule has 0 radical (unpaired) electrons. The van der Waals surface area contributed by atoms with Crippen molar-refractivity contribution in [2.24, 2.45) is 0 Å². The summed E-state index contributed by atoms with van der Waals surface area (Å²) in [6.07, 6.45) is 1.94. The van der Waals surface area contributed by atoms with E-state index in [1.54, 1.807) is 17.0 Å². The first-order valence-corrected chi connectivity index (χ1v) is 9.57. The summed E-state index contributed by atoms with van der Waals surface area (Å²) in [4.78, 5) is 37.1. The monoisotopic (exact) mass is 396 g/mol. The number of nitrogens with zero attached hydrogens (tertiary/aromatic N) is 1. The maximum atomic E-state index is 12.7. The summed E-state index contributed by atoms with van der Waals surface area (Å²) in [5.74, 6) is -0.694. The Morgan fingerprint density at radius 3 is 2.59 bits per heavy atom. The van der Waals surface area contributed by atoms with Crippen LogP contribution in [-0.2, 0) is 16.0 Å². The number of aliphatic carboxylic acids is 1. The molecular formula is C22H24N2O5. The first kappa shape index (κ1) is 20.4. The van der Waals surface area contributed by atoms with Crippen LogP contribution in [0.5, 0.6) is 5.75 Å². The normalized spacial score (nSPS) is 13.4. The van der Waals surface area contributed by atoms with Gasteiger partial charge in [0.2, 0.25) is 5.91 Å². The number of aryl methyl sites for hydroxylation is 1. The molecule has 152 valence electrons. The van der Waals surface area contributed by atoms with Crippen LogP contribution in [0.3, 0.4) is 0 Å². The van der Waals surface area contributed by atoms with Gasteiger partial charge in [-0.05, 0) is 49.6 Å². The standard InChI is InChI=1S/C22H24N2O5/c1-15-4-9-19(24-12-2-3-20(24)25)18(13-15)22(28)23-11-10-16-5-7-17(8-6-16)29-14-21(26)27/h4-9,13H,2-3,10-12,14H2,1H3,(H,23,28)(H,26,27). The molecule has 7 heteroatoms. The van der Waals surface area contributed by atoms with Crippen molar-refractivity contribution in [1.82, 2.24) is 5.32 Å². The fourth-order valence-electron chi connectivity index (χ4n) is 3.28. The Labute approximate surface area is 169 Å². The summed E-state index contributed by atoms with van der Waals surface area (Å²) >= 11 is 0. The summed E-state index contributed by atoms with van der Waals surface area (Å²) in [5.41, 5.74) is 3.13. The molecule has 0 spiro atoms. The van der Waals surface area contributed by atoms with Gasteiger partial charge in [0.15, 0.2) is 6.61 Å². The quantitative estimate of drug-likeness (QED) is 0.715. The number of carboxylic acids is 1. The number of carboxylic acid groups (broad SMARTS) is 1. The van der Waals surface area contributed by atoms with E-state index in [0.29, 0.717) is 42.9 Å². The highest BCUT2D eigenvalue weighted by molar-refractivity contribution is 6.05. The molecule has 2 aromatic carbocycles. The molecule has 1 aliphatic rings. The fourth-order valence-corrected chi connectivity index (χ4v) is 3.28. The van der Waals surface area contributed by atoms with Crippen molar-refractivity contribution in [3.05, 3.63) is 59.2 Å². The van der Waals surface area contributed by atoms with Gasteiger partial charge in [0.05, 0.1) is 11.3 Å². The van der Waals surface area contributed by atoms with Crippen LogP contribution in [0, 0.1) is 6.92 Å². The second-order valence-corrected chi connectivity index (χ2v) is 7.00. The summed E-state index contributed by atoms with van der Waals surface area (Å²) < 4.78 is 5.10. The van der Waals surface area contributed by atoms with Gasteiger partial charge >= 0.3 is 5.97 Å². The first-order valence-electron chi connectivity index (χ1n) is 9.57. The Morgan fingerprint density at radius 2 is 1.93 bits per heavy atom. The number of benzene rings is 2. The predicted molar refractivity (Wildman–Crippen MR) is 108 cm³/mol. The zero-order chi connectivity index (χ0) is 20.8. The Bertz CT molecular complexity index is 908. The van der Waals surface area contributed by atoms with Crippen molar-refractivity contribution in [2.75, 3.05) is 24.6 Å². The molecule has 1 fully saturated rings. The van der Waals surface area contributed by atoms with Crippen molar-refractivity contribution in [1.29, 1.82) is 0 Å². The summed E-state index contributed by atoms with van der Waals surface area (Å²) in [6.45, 7) is 2.61. The lowest BCUT2D eigenvalue weighted by molar-refractivity contribution is -0.139. The van der Waals surface area contributed by atoms with E-state index in [1.807, 2.05) is 37.3 Å². The smallest absolute Gasteiger partial charge is 0.341 e. The van der Waals surface area contributed by atoms with Crippen LogP contribution in [0.2, 0.25) is 0 Å². The largest absolute Gasteiger partial charge is 0.482 e. The van der Waals surface area contributed by atoms with Crippen molar-refractivity contribution in [2.45, 2.75) is 26.2 Å². The van der Waals surface area contributed by atoms with Crippen LogP contribution in [0.4, 0.5) is 5.69 Å². The maximum absolute atomic E-state index is 12.7. The predicted octanol–water partition coefficient (Wildman–Crippen LogP) is 2.56. The number of hydrogen-bond donors (Lipinski definition) is 2. The highest BCUT2D eigenvalue weighted by atomic mass is 16.5. The molecule has 29 heavy (non-hydrogen) atoms. The average molecular weight is 396 g/mol. The molecule has 1 aliphatic heterocycles. The maximum Gasteiger partial charge on any atom is 0.341 e. The second-order valence-electron chi connectivity index (χ2n) is 7.00. The Morgan fingerprint density at radius 1 is 1.17 bits per heavy atom. The molecular weight excluding hydrogens is 372 g/mol. The topological polar surface area (TPSA) is 95.9 Å². The molecule has 0 aromatic heterocycles. The Balaban J connectivity index is 1.59. The average Bonchev–Trinajstić information content (AvgIpc) is 3.13. The lowest BCUT2D eigenvalue weighted by Crippen LogP contribution is -2.30. The fraction of sp³-hybridized carbons (Fsp3) is 0.318. The minimum absolute atomic E-state index is 0.0492. The van der Waals surface area contributed by atoms with Crippen LogP contribution in [0.15, 0.2) is 42.5 Å². The number of ether oxygens (including phenoxy) is 1. The van der Waals surface area contributed by atoms with Gasteiger partial charge in [-0.3, -0.25) is 9.59 Å². The molecule has 0 saturated carbocycles. The van der Waals surface area contributed by atoms with Crippen LogP contribution in [0.1, 0.15) is 34.3 Å². The molecule has 3 rings (SSSR count). The minimum Gasteiger partial charge on any atom is -0.482 e. The van der Waals surface area contributed by atoms with Gasteiger partial charge in [0, 0.05) is 19.5 Å². The van der Waals surface area contributed by atoms with Gasteiger partial charge in [0.25, 0.3) is 5.91 Å². The van der Waals surface area contributed by atoms with Crippen LogP contribution < -0.4 is 15.0 Å². The van der Waals surface area contributed by atoms with E-state index in [4.69, 9.17) is 9.84 Å². The third kappa shape index (κ3) is 5.34. The second kappa shape index (κ2) is 9.23. The number of amides is 2. The molecule has 1 saturated heterocycles. The van der Waals surface area contributed by atoms with Gasteiger partial charge in [0.1, 0.15) is 5.75 Å². The van der Waals surface area contributed by atoms with Gasteiger partial charge < -0.3 is 20.1 Å². The first-order chi connectivity index (χ1) is 13.9. The zero-order valence-electron chi connectivity index (χ0n) is 16.3. The van der Waals surface area contributed by atoms with Crippen molar-refractivity contribution in [3.8, 4) is 5.75 Å². The SMILES string of the molecule is Cc1ccc(N2CCCC2=O)c(C(=O)NCCc2ccc(OCC(=O)O)cc2)c1. The van der Waals surface area contributed by atoms with Gasteiger partial charge in [-0.2, -0.15) is 0 Å². The molecule has 2 amide bonds. The highest BCUT2D eigenvalue weighted by Crippen LogP contribution is 2.26. The molecule has 1 heterocycles. The van der Waals surface area contributed by atoms with E-state index in [9.17, 15) is 14.4 Å². The van der Waals surface area contributed by atoms with E-state index >= 15 is 0 Å². The molecule has 0 bridgehead atoms. The molecule has 2 aromatic rings. The van der Waals surface area contributed by atoms with Gasteiger partial charge in [-0.1, -0.05) is 23.8 Å². The van der Waals surface area contributed by atoms with Crippen molar-refractivity contribution >= 4 is 23.5 Å². The number of rotatable bonds is 8.